The maximum Gasteiger partial charge on any atom is 0.270 e. The highest BCUT2D eigenvalue weighted by atomic mass is 16.6. The molecule has 0 atom stereocenters. The van der Waals surface area contributed by atoms with Crippen molar-refractivity contribution in [3.63, 3.8) is 0 Å². The third kappa shape index (κ3) is 2.79. The lowest BCUT2D eigenvalue weighted by Gasteiger charge is -2.21. The van der Waals surface area contributed by atoms with Crippen LogP contribution in [0.2, 0.25) is 0 Å². The van der Waals surface area contributed by atoms with Crippen molar-refractivity contribution in [2.75, 3.05) is 26.0 Å². The summed E-state index contributed by atoms with van der Waals surface area (Å²) >= 11 is 0. The van der Waals surface area contributed by atoms with Gasteiger partial charge in [0.1, 0.15) is 18.9 Å². The second-order valence-electron chi connectivity index (χ2n) is 4.99. The molecule has 6 heteroatoms. The summed E-state index contributed by atoms with van der Waals surface area (Å²) < 4.78 is 11.0. The third-order valence-electron chi connectivity index (χ3n) is 3.31. The van der Waals surface area contributed by atoms with Crippen molar-refractivity contribution in [3.8, 4) is 11.5 Å². The van der Waals surface area contributed by atoms with Crippen LogP contribution in [0.25, 0.3) is 0 Å². The van der Waals surface area contributed by atoms with E-state index in [4.69, 9.17) is 15.2 Å². The van der Waals surface area contributed by atoms with Crippen LogP contribution >= 0.6 is 0 Å². The van der Waals surface area contributed by atoms with Gasteiger partial charge in [0.15, 0.2) is 11.5 Å². The fourth-order valence-electron chi connectivity index (χ4n) is 2.27. The fraction of sp³-hybridized carbons (Fsp3) is 0.267. The molecule has 0 spiro atoms. The largest absolute Gasteiger partial charge is 0.486 e. The predicted octanol–water partition coefficient (Wildman–Crippen LogP) is 1.64. The summed E-state index contributed by atoms with van der Waals surface area (Å²) in [5, 5.41) is 0. The van der Waals surface area contributed by atoms with Gasteiger partial charge in [0.2, 0.25) is 0 Å². The molecule has 3 N–H and O–H groups in total. The molecule has 0 saturated heterocycles. The van der Waals surface area contributed by atoms with Crippen LogP contribution in [0.4, 0.5) is 5.69 Å². The molecule has 0 unspecified atom stereocenters. The van der Waals surface area contributed by atoms with Gasteiger partial charge < -0.3 is 25.1 Å². The van der Waals surface area contributed by atoms with Crippen molar-refractivity contribution in [3.05, 3.63) is 41.7 Å². The third-order valence-corrected chi connectivity index (χ3v) is 3.31. The molecule has 1 aromatic heterocycles. The van der Waals surface area contributed by atoms with Gasteiger partial charge in [-0.25, -0.2) is 0 Å². The van der Waals surface area contributed by atoms with Crippen molar-refractivity contribution in [1.29, 1.82) is 0 Å². The number of hydrogen-bond acceptors (Lipinski definition) is 4. The Balaban J connectivity index is 1.72. The second-order valence-corrected chi connectivity index (χ2v) is 4.99. The Morgan fingerprint density at radius 3 is 2.76 bits per heavy atom. The molecular formula is C15H17N3O3. The molecule has 1 aliphatic heterocycles. The molecule has 0 bridgehead atoms. The summed E-state index contributed by atoms with van der Waals surface area (Å²) in [7, 11) is 1.75. The smallest absolute Gasteiger partial charge is 0.270 e. The Labute approximate surface area is 122 Å². The summed E-state index contributed by atoms with van der Waals surface area (Å²) in [5.74, 6) is 1.36. The first-order chi connectivity index (χ1) is 10.1. The van der Waals surface area contributed by atoms with Crippen molar-refractivity contribution in [1.82, 2.24) is 9.88 Å². The zero-order valence-electron chi connectivity index (χ0n) is 11.8. The molecule has 2 aromatic rings. The average molecular weight is 287 g/mol. The van der Waals surface area contributed by atoms with Gasteiger partial charge in [-0.05, 0) is 23.8 Å². The molecule has 3 rings (SSSR count). The van der Waals surface area contributed by atoms with Crippen LogP contribution in [0.1, 0.15) is 16.1 Å². The summed E-state index contributed by atoms with van der Waals surface area (Å²) in [5.41, 5.74) is 7.62. The molecule has 1 aromatic carbocycles. The van der Waals surface area contributed by atoms with Crippen LogP contribution in [0.3, 0.4) is 0 Å². The van der Waals surface area contributed by atoms with Gasteiger partial charge >= 0.3 is 0 Å². The summed E-state index contributed by atoms with van der Waals surface area (Å²) in [6.07, 6.45) is 1.60. The number of aromatic amines is 1. The van der Waals surface area contributed by atoms with Crippen molar-refractivity contribution in [2.45, 2.75) is 6.54 Å². The predicted molar refractivity (Wildman–Crippen MR) is 78.4 cm³/mol. The van der Waals surface area contributed by atoms with E-state index in [2.05, 4.69) is 4.98 Å². The van der Waals surface area contributed by atoms with Crippen LogP contribution in [0.15, 0.2) is 30.5 Å². The molecule has 110 valence electrons. The molecule has 1 aliphatic rings. The molecule has 0 saturated carbocycles. The second kappa shape index (κ2) is 5.40. The highest BCUT2D eigenvalue weighted by Crippen LogP contribution is 2.31. The van der Waals surface area contributed by atoms with E-state index < -0.39 is 0 Å². The van der Waals surface area contributed by atoms with E-state index in [0.717, 1.165) is 17.1 Å². The van der Waals surface area contributed by atoms with E-state index in [9.17, 15) is 4.79 Å². The average Bonchev–Trinajstić information content (AvgIpc) is 2.93. The molecule has 21 heavy (non-hydrogen) atoms. The van der Waals surface area contributed by atoms with E-state index in [1.54, 1.807) is 24.2 Å². The lowest BCUT2D eigenvalue weighted by atomic mass is 10.2. The minimum atomic E-state index is -0.110. The van der Waals surface area contributed by atoms with Gasteiger partial charge in [-0.2, -0.15) is 0 Å². The summed E-state index contributed by atoms with van der Waals surface area (Å²) in [6.45, 7) is 1.60. The lowest BCUT2D eigenvalue weighted by Crippen LogP contribution is -2.26. The first kappa shape index (κ1) is 13.4. The monoisotopic (exact) mass is 287 g/mol. The topological polar surface area (TPSA) is 80.6 Å². The van der Waals surface area contributed by atoms with Crippen LogP contribution in [0, 0.1) is 0 Å². The number of benzene rings is 1. The Kier molecular flexibility index (Phi) is 3.43. The van der Waals surface area contributed by atoms with Crippen LogP contribution < -0.4 is 15.2 Å². The maximum absolute atomic E-state index is 12.2. The number of carbonyl (C=O) groups is 1. The summed E-state index contributed by atoms with van der Waals surface area (Å²) in [4.78, 5) is 16.7. The van der Waals surface area contributed by atoms with Crippen LogP contribution in [-0.2, 0) is 6.54 Å². The highest BCUT2D eigenvalue weighted by molar-refractivity contribution is 5.93. The lowest BCUT2D eigenvalue weighted by molar-refractivity contribution is 0.0779. The molecule has 0 radical (unpaired) electrons. The van der Waals surface area contributed by atoms with Gasteiger partial charge in [0.05, 0.1) is 0 Å². The number of anilines is 1. The summed E-state index contributed by atoms with van der Waals surface area (Å²) in [6, 6.07) is 7.33. The van der Waals surface area contributed by atoms with Gasteiger partial charge in [0.25, 0.3) is 5.91 Å². The van der Waals surface area contributed by atoms with E-state index in [-0.39, 0.29) is 5.91 Å². The Hall–Kier alpha value is -2.63. The van der Waals surface area contributed by atoms with Crippen molar-refractivity contribution in [2.24, 2.45) is 0 Å². The van der Waals surface area contributed by atoms with E-state index in [1.807, 2.05) is 18.2 Å². The quantitative estimate of drug-likeness (QED) is 0.899. The molecule has 6 nitrogen and oxygen atoms in total. The Morgan fingerprint density at radius 1 is 1.29 bits per heavy atom. The number of carbonyl (C=O) groups excluding carboxylic acids is 1. The van der Waals surface area contributed by atoms with Crippen molar-refractivity contribution < 1.29 is 14.3 Å². The Bertz CT molecular complexity index is 666. The van der Waals surface area contributed by atoms with Gasteiger partial charge in [-0.1, -0.05) is 6.07 Å². The molecule has 0 aliphatic carbocycles. The number of ether oxygens (including phenoxy) is 2. The number of hydrogen-bond donors (Lipinski definition) is 2. The van der Waals surface area contributed by atoms with Gasteiger partial charge in [-0.3, -0.25) is 4.79 Å². The number of aromatic nitrogens is 1. The zero-order valence-corrected chi connectivity index (χ0v) is 11.8. The number of nitrogens with zero attached hydrogens (tertiary/aromatic N) is 1. The normalized spacial score (nSPS) is 13.0. The standard InChI is InChI=1S/C15H17N3O3/c1-18(15(19)12-7-11(16)8-17-12)9-10-2-3-13-14(6-10)21-5-4-20-13/h2-3,6-8,17H,4-5,9,16H2,1H3. The molecule has 2 heterocycles. The number of rotatable bonds is 3. The first-order valence-corrected chi connectivity index (χ1v) is 6.71. The number of nitrogens with two attached hydrogens (primary N) is 1. The number of H-pyrrole nitrogens is 1. The number of fused-ring (bicyclic) bond motifs is 1. The SMILES string of the molecule is CN(Cc1ccc2c(c1)OCCO2)C(=O)c1cc(N)c[nH]1. The fourth-order valence-corrected chi connectivity index (χ4v) is 2.27. The van der Waals surface area contributed by atoms with Gasteiger partial charge in [0, 0.05) is 25.5 Å². The van der Waals surface area contributed by atoms with Gasteiger partial charge in [-0.15, -0.1) is 0 Å². The minimum absolute atomic E-state index is 0.110. The number of nitrogens with one attached hydrogen (secondary N) is 1. The Morgan fingerprint density at radius 2 is 2.05 bits per heavy atom. The zero-order chi connectivity index (χ0) is 14.8. The molecular weight excluding hydrogens is 270 g/mol. The molecule has 1 amide bonds. The van der Waals surface area contributed by atoms with E-state index >= 15 is 0 Å². The van der Waals surface area contributed by atoms with Crippen LogP contribution in [-0.4, -0.2) is 36.1 Å². The maximum atomic E-state index is 12.2. The van der Waals surface area contributed by atoms with E-state index in [1.165, 1.54) is 0 Å². The van der Waals surface area contributed by atoms with Crippen LogP contribution in [0.5, 0.6) is 11.5 Å². The number of nitrogen functional groups attached to an aromatic ring is 1. The minimum Gasteiger partial charge on any atom is -0.486 e. The highest BCUT2D eigenvalue weighted by Gasteiger charge is 2.16. The first-order valence-electron chi connectivity index (χ1n) is 6.71. The van der Waals surface area contributed by atoms with Crippen molar-refractivity contribution >= 4 is 11.6 Å². The van der Waals surface area contributed by atoms with E-state index in [0.29, 0.717) is 31.1 Å². The molecule has 0 fully saturated rings. The number of amides is 1.